The van der Waals surface area contributed by atoms with Crippen LogP contribution in [0.1, 0.15) is 27.7 Å². The van der Waals surface area contributed by atoms with Crippen molar-refractivity contribution in [2.24, 2.45) is 0 Å². The van der Waals surface area contributed by atoms with Crippen LogP contribution < -0.4 is 0 Å². The van der Waals surface area contributed by atoms with Gasteiger partial charge >= 0.3 is 0 Å². The Hall–Kier alpha value is -0.200. The molecular formula is C9H26O5. The summed E-state index contributed by atoms with van der Waals surface area (Å²) in [6, 6.07) is 0. The molecule has 0 amide bonds. The van der Waals surface area contributed by atoms with Crippen LogP contribution in [0.25, 0.3) is 0 Å². The zero-order valence-electron chi connectivity index (χ0n) is 9.64. The quantitative estimate of drug-likeness (QED) is 0.399. The summed E-state index contributed by atoms with van der Waals surface area (Å²) in [7, 11) is 0. The maximum absolute atomic E-state index is 8.11. The minimum absolute atomic E-state index is 0.139. The summed E-state index contributed by atoms with van der Waals surface area (Å²) in [5.74, 6) is 0. The molecule has 0 saturated heterocycles. The number of hydrogen-bond acceptors (Lipinski definition) is 5. The number of aliphatic hydroxyl groups is 5. The average molecular weight is 214 g/mol. The summed E-state index contributed by atoms with van der Waals surface area (Å²) in [6.07, 6.45) is -0.560. The van der Waals surface area contributed by atoms with Crippen LogP contribution in [0.4, 0.5) is 0 Å². The fourth-order valence-electron chi connectivity index (χ4n) is 0. The first kappa shape index (κ1) is 23.5. The first-order valence-corrected chi connectivity index (χ1v) is 4.63. The smallest absolute Gasteiger partial charge is 0.0742 e. The van der Waals surface area contributed by atoms with Gasteiger partial charge in [-0.2, -0.15) is 0 Å². The molecule has 0 aliphatic rings. The SMILES string of the molecule is CC(O)CO.CCO.CCO.CCO. The zero-order valence-corrected chi connectivity index (χ0v) is 9.64. The van der Waals surface area contributed by atoms with Crippen LogP contribution in [0.2, 0.25) is 0 Å². The van der Waals surface area contributed by atoms with Crippen molar-refractivity contribution in [3.05, 3.63) is 0 Å². The van der Waals surface area contributed by atoms with E-state index < -0.39 is 6.10 Å². The van der Waals surface area contributed by atoms with E-state index in [0.717, 1.165) is 0 Å². The molecule has 5 nitrogen and oxygen atoms in total. The molecule has 0 saturated carbocycles. The molecule has 0 aromatic rings. The van der Waals surface area contributed by atoms with Crippen LogP contribution in [-0.4, -0.2) is 58.1 Å². The summed E-state index contributed by atoms with van der Waals surface area (Å²) in [6.45, 7) is 7.18. The van der Waals surface area contributed by atoms with E-state index in [1.54, 1.807) is 20.8 Å². The molecule has 0 heterocycles. The van der Waals surface area contributed by atoms with Crippen LogP contribution >= 0.6 is 0 Å². The Morgan fingerprint density at radius 1 is 0.786 bits per heavy atom. The number of hydrogen-bond donors (Lipinski definition) is 5. The lowest BCUT2D eigenvalue weighted by atomic mass is 10.5. The van der Waals surface area contributed by atoms with Gasteiger partial charge in [0.15, 0.2) is 0 Å². The van der Waals surface area contributed by atoms with Crippen LogP contribution in [0.5, 0.6) is 0 Å². The van der Waals surface area contributed by atoms with Crippen molar-refractivity contribution in [3.8, 4) is 0 Å². The molecule has 5 heteroatoms. The van der Waals surface area contributed by atoms with Gasteiger partial charge in [-0.05, 0) is 27.7 Å². The molecule has 5 N–H and O–H groups in total. The zero-order chi connectivity index (χ0) is 12.4. The van der Waals surface area contributed by atoms with Crippen molar-refractivity contribution < 1.29 is 25.5 Å². The van der Waals surface area contributed by atoms with Gasteiger partial charge in [-0.15, -0.1) is 0 Å². The maximum atomic E-state index is 8.11. The monoisotopic (exact) mass is 214 g/mol. The van der Waals surface area contributed by atoms with Crippen molar-refractivity contribution in [2.75, 3.05) is 26.4 Å². The molecule has 1 atom stereocenters. The van der Waals surface area contributed by atoms with E-state index in [0.29, 0.717) is 0 Å². The molecule has 0 aliphatic heterocycles. The summed E-state index contributed by atoms with van der Waals surface area (Å²) in [5, 5.41) is 38.7. The molecule has 92 valence electrons. The second-order valence-corrected chi connectivity index (χ2v) is 1.98. The van der Waals surface area contributed by atoms with Gasteiger partial charge in [0.25, 0.3) is 0 Å². The Morgan fingerprint density at radius 2 is 0.857 bits per heavy atom. The van der Waals surface area contributed by atoms with Crippen LogP contribution in [0.15, 0.2) is 0 Å². The van der Waals surface area contributed by atoms with Gasteiger partial charge in [0.2, 0.25) is 0 Å². The Bertz CT molecular complexity index is 45.7. The van der Waals surface area contributed by atoms with E-state index in [1.807, 2.05) is 0 Å². The minimum atomic E-state index is -0.560. The highest BCUT2D eigenvalue weighted by atomic mass is 16.3. The van der Waals surface area contributed by atoms with E-state index in [9.17, 15) is 0 Å². The maximum Gasteiger partial charge on any atom is 0.0742 e. The second kappa shape index (κ2) is 38.5. The highest BCUT2D eigenvalue weighted by Gasteiger charge is 1.83. The average Bonchev–Trinajstić information content (AvgIpc) is 2.08. The summed E-state index contributed by atoms with van der Waals surface area (Å²) in [4.78, 5) is 0. The predicted molar refractivity (Wildman–Crippen MR) is 57.0 cm³/mol. The molecule has 14 heavy (non-hydrogen) atoms. The van der Waals surface area contributed by atoms with Gasteiger partial charge in [-0.1, -0.05) is 0 Å². The molecule has 0 aromatic heterocycles. The highest BCUT2D eigenvalue weighted by molar-refractivity contribution is 4.34. The summed E-state index contributed by atoms with van der Waals surface area (Å²) in [5.41, 5.74) is 0. The lowest BCUT2D eigenvalue weighted by molar-refractivity contribution is 0.110. The Balaban J connectivity index is -0.0000000495. The van der Waals surface area contributed by atoms with E-state index in [-0.39, 0.29) is 26.4 Å². The van der Waals surface area contributed by atoms with Gasteiger partial charge in [0.1, 0.15) is 0 Å². The fourth-order valence-corrected chi connectivity index (χ4v) is 0. The molecule has 0 aliphatic carbocycles. The molecule has 0 aromatic carbocycles. The van der Waals surface area contributed by atoms with Crippen molar-refractivity contribution in [1.29, 1.82) is 0 Å². The van der Waals surface area contributed by atoms with Gasteiger partial charge in [-0.3, -0.25) is 0 Å². The highest BCUT2D eigenvalue weighted by Crippen LogP contribution is 1.68. The molecule has 0 bridgehead atoms. The lowest BCUT2D eigenvalue weighted by Crippen LogP contribution is -2.03. The van der Waals surface area contributed by atoms with E-state index in [4.69, 9.17) is 25.5 Å². The largest absolute Gasteiger partial charge is 0.397 e. The van der Waals surface area contributed by atoms with E-state index in [2.05, 4.69) is 0 Å². The van der Waals surface area contributed by atoms with Crippen LogP contribution in [0.3, 0.4) is 0 Å². The fraction of sp³-hybridized carbons (Fsp3) is 1.00. The van der Waals surface area contributed by atoms with Gasteiger partial charge in [0.05, 0.1) is 12.7 Å². The predicted octanol–water partition coefficient (Wildman–Crippen LogP) is -0.645. The van der Waals surface area contributed by atoms with E-state index >= 15 is 0 Å². The van der Waals surface area contributed by atoms with Gasteiger partial charge in [-0.25, -0.2) is 0 Å². The third-order valence-corrected chi connectivity index (χ3v) is 0.264. The third-order valence-electron chi connectivity index (χ3n) is 0.264. The second-order valence-electron chi connectivity index (χ2n) is 1.98. The standard InChI is InChI=1S/C3H8O2.3C2H6O/c1-3(5)2-4;3*1-2-3/h3-5H,2H2,1H3;3*3H,2H2,1H3. The Morgan fingerprint density at radius 3 is 0.857 bits per heavy atom. The summed E-state index contributed by atoms with van der Waals surface area (Å²) < 4.78 is 0. The van der Waals surface area contributed by atoms with Gasteiger partial charge in [0, 0.05) is 19.8 Å². The molecule has 1 unspecified atom stereocenters. The number of rotatable bonds is 1. The normalized spacial score (nSPS) is 9.21. The first-order valence-electron chi connectivity index (χ1n) is 4.63. The lowest BCUT2D eigenvalue weighted by Gasteiger charge is -1.90. The van der Waals surface area contributed by atoms with Gasteiger partial charge < -0.3 is 25.5 Å². The van der Waals surface area contributed by atoms with Crippen molar-refractivity contribution in [1.82, 2.24) is 0 Å². The summed E-state index contributed by atoms with van der Waals surface area (Å²) >= 11 is 0. The minimum Gasteiger partial charge on any atom is -0.397 e. The molecule has 0 spiro atoms. The molecular weight excluding hydrogens is 188 g/mol. The van der Waals surface area contributed by atoms with Crippen molar-refractivity contribution in [2.45, 2.75) is 33.8 Å². The topological polar surface area (TPSA) is 101 Å². The van der Waals surface area contributed by atoms with E-state index in [1.165, 1.54) is 6.92 Å². The van der Waals surface area contributed by atoms with Crippen LogP contribution in [-0.2, 0) is 0 Å². The number of aliphatic hydroxyl groups excluding tert-OH is 5. The third kappa shape index (κ3) is 425. The Kier molecular flexibility index (Phi) is 64.8. The van der Waals surface area contributed by atoms with Crippen LogP contribution in [0, 0.1) is 0 Å². The van der Waals surface area contributed by atoms with Crippen molar-refractivity contribution in [3.63, 3.8) is 0 Å². The molecule has 0 radical (unpaired) electrons. The first-order chi connectivity index (χ1) is 6.51. The Labute approximate surface area is 86.6 Å². The van der Waals surface area contributed by atoms with Crippen molar-refractivity contribution >= 4 is 0 Å². The molecule has 0 fully saturated rings. The molecule has 0 rings (SSSR count).